The first-order chi connectivity index (χ1) is 11.5. The van der Waals surface area contributed by atoms with Crippen LogP contribution in [-0.4, -0.2) is 56.7 Å². The van der Waals surface area contributed by atoms with Gasteiger partial charge in [0, 0.05) is 23.7 Å². The zero-order valence-corrected chi connectivity index (χ0v) is 14.9. The zero-order valence-electron chi connectivity index (χ0n) is 14.2. The van der Waals surface area contributed by atoms with Gasteiger partial charge in [-0.3, -0.25) is 14.5 Å². The number of carbonyl (C=O) groups is 2. The van der Waals surface area contributed by atoms with Gasteiger partial charge < -0.3 is 14.8 Å². The summed E-state index contributed by atoms with van der Waals surface area (Å²) in [5, 5.41) is 3.41. The molecule has 0 unspecified atom stereocenters. The van der Waals surface area contributed by atoms with Gasteiger partial charge in [0.1, 0.15) is 5.75 Å². The molecule has 1 N–H and O–H groups in total. The fourth-order valence-corrected chi connectivity index (χ4v) is 3.19. The molecule has 1 aromatic carbocycles. The van der Waals surface area contributed by atoms with Crippen molar-refractivity contribution >= 4 is 23.5 Å². The van der Waals surface area contributed by atoms with Crippen LogP contribution in [-0.2, 0) is 9.53 Å². The number of benzene rings is 1. The third-order valence-corrected chi connectivity index (χ3v) is 4.75. The molecular formula is C17H23ClN2O4. The van der Waals surface area contributed by atoms with Crippen LogP contribution in [0.15, 0.2) is 18.2 Å². The van der Waals surface area contributed by atoms with Gasteiger partial charge in [0.25, 0.3) is 5.91 Å². The molecule has 24 heavy (non-hydrogen) atoms. The van der Waals surface area contributed by atoms with Gasteiger partial charge in [0.2, 0.25) is 0 Å². The van der Waals surface area contributed by atoms with Crippen molar-refractivity contribution in [1.29, 1.82) is 0 Å². The van der Waals surface area contributed by atoms with Gasteiger partial charge in [-0.05, 0) is 38.1 Å². The number of halogens is 1. The Balaban J connectivity index is 1.93. The van der Waals surface area contributed by atoms with Crippen molar-refractivity contribution in [3.05, 3.63) is 28.8 Å². The maximum Gasteiger partial charge on any atom is 0.307 e. The van der Waals surface area contributed by atoms with Crippen LogP contribution in [0.25, 0.3) is 0 Å². The predicted octanol–water partition coefficient (Wildman–Crippen LogP) is 2.10. The number of ether oxygens (including phenoxy) is 2. The van der Waals surface area contributed by atoms with Gasteiger partial charge in [-0.2, -0.15) is 0 Å². The number of nitrogens with one attached hydrogen (secondary N) is 1. The molecule has 7 heteroatoms. The lowest BCUT2D eigenvalue weighted by atomic mass is 10.1. The summed E-state index contributed by atoms with van der Waals surface area (Å²) < 4.78 is 9.93. The lowest BCUT2D eigenvalue weighted by molar-refractivity contribution is -0.141. The van der Waals surface area contributed by atoms with E-state index in [1.807, 2.05) is 7.05 Å². The van der Waals surface area contributed by atoms with Gasteiger partial charge in [-0.25, -0.2) is 0 Å². The number of nitrogens with zero attached hydrogens (tertiary/aromatic N) is 1. The van der Waals surface area contributed by atoms with Gasteiger partial charge >= 0.3 is 5.97 Å². The van der Waals surface area contributed by atoms with Crippen LogP contribution in [0.2, 0.25) is 5.02 Å². The Labute approximate surface area is 147 Å². The van der Waals surface area contributed by atoms with E-state index in [0.29, 0.717) is 29.3 Å². The number of esters is 1. The summed E-state index contributed by atoms with van der Waals surface area (Å²) in [6.45, 7) is 0.503. The average molecular weight is 355 g/mol. The van der Waals surface area contributed by atoms with Crippen LogP contribution in [0, 0.1) is 0 Å². The van der Waals surface area contributed by atoms with E-state index in [1.165, 1.54) is 14.2 Å². The first-order valence-corrected chi connectivity index (χ1v) is 8.24. The summed E-state index contributed by atoms with van der Waals surface area (Å²) >= 11 is 5.96. The van der Waals surface area contributed by atoms with E-state index in [0.717, 1.165) is 12.8 Å². The Morgan fingerprint density at radius 3 is 2.67 bits per heavy atom. The Morgan fingerprint density at radius 1 is 1.29 bits per heavy atom. The highest BCUT2D eigenvalue weighted by molar-refractivity contribution is 6.31. The van der Waals surface area contributed by atoms with Crippen molar-refractivity contribution in [2.24, 2.45) is 0 Å². The van der Waals surface area contributed by atoms with Crippen molar-refractivity contribution in [1.82, 2.24) is 10.2 Å². The molecule has 0 spiro atoms. The fourth-order valence-electron chi connectivity index (χ4n) is 3.02. The second-order valence-corrected chi connectivity index (χ2v) is 6.32. The third-order valence-electron chi connectivity index (χ3n) is 4.52. The van der Waals surface area contributed by atoms with Crippen molar-refractivity contribution in [3.8, 4) is 5.75 Å². The average Bonchev–Trinajstić information content (AvgIpc) is 2.92. The number of hydrogen-bond donors (Lipinski definition) is 1. The van der Waals surface area contributed by atoms with Crippen LogP contribution < -0.4 is 10.1 Å². The molecule has 1 aliphatic rings. The Kier molecular flexibility index (Phi) is 6.45. The molecule has 1 saturated heterocycles. The van der Waals surface area contributed by atoms with Crippen LogP contribution in [0.5, 0.6) is 5.75 Å². The number of amides is 1. The molecule has 1 aromatic rings. The number of rotatable bonds is 6. The van der Waals surface area contributed by atoms with E-state index in [2.05, 4.69) is 10.2 Å². The summed E-state index contributed by atoms with van der Waals surface area (Å²) in [6.07, 6.45) is 2.21. The quantitative estimate of drug-likeness (QED) is 0.792. The van der Waals surface area contributed by atoms with Gasteiger partial charge in [0.05, 0.1) is 26.2 Å². The topological polar surface area (TPSA) is 67.9 Å². The normalized spacial score (nSPS) is 20.7. The van der Waals surface area contributed by atoms with E-state index >= 15 is 0 Å². The van der Waals surface area contributed by atoms with Gasteiger partial charge in [-0.1, -0.05) is 11.6 Å². The highest BCUT2D eigenvalue weighted by Crippen LogP contribution is 2.25. The highest BCUT2D eigenvalue weighted by atomic mass is 35.5. The van der Waals surface area contributed by atoms with Crippen LogP contribution in [0.1, 0.15) is 29.6 Å². The van der Waals surface area contributed by atoms with Crippen molar-refractivity contribution < 1.29 is 19.1 Å². The van der Waals surface area contributed by atoms with E-state index in [4.69, 9.17) is 21.1 Å². The molecule has 132 valence electrons. The molecule has 2 rings (SSSR count). The molecule has 0 aromatic heterocycles. The zero-order chi connectivity index (χ0) is 17.7. The van der Waals surface area contributed by atoms with E-state index in [-0.39, 0.29) is 24.0 Å². The lowest BCUT2D eigenvalue weighted by Crippen LogP contribution is -2.41. The highest BCUT2D eigenvalue weighted by Gasteiger charge is 2.32. The Hall–Kier alpha value is -1.79. The molecule has 0 aliphatic carbocycles. The van der Waals surface area contributed by atoms with Crippen molar-refractivity contribution in [3.63, 3.8) is 0 Å². The molecule has 2 atom stereocenters. The Morgan fingerprint density at radius 2 is 2.00 bits per heavy atom. The van der Waals surface area contributed by atoms with Gasteiger partial charge in [-0.15, -0.1) is 0 Å². The summed E-state index contributed by atoms with van der Waals surface area (Å²) in [5.41, 5.74) is 0.414. The second-order valence-electron chi connectivity index (χ2n) is 5.89. The van der Waals surface area contributed by atoms with E-state index in [1.54, 1.807) is 18.2 Å². The van der Waals surface area contributed by atoms with Gasteiger partial charge in [0.15, 0.2) is 0 Å². The van der Waals surface area contributed by atoms with E-state index in [9.17, 15) is 9.59 Å². The first-order valence-electron chi connectivity index (χ1n) is 7.86. The minimum atomic E-state index is -0.223. The molecular weight excluding hydrogens is 332 g/mol. The van der Waals surface area contributed by atoms with Crippen LogP contribution in [0.3, 0.4) is 0 Å². The molecule has 0 radical (unpaired) electrons. The van der Waals surface area contributed by atoms with Crippen molar-refractivity contribution in [2.45, 2.75) is 31.3 Å². The monoisotopic (exact) mass is 354 g/mol. The predicted molar refractivity (Wildman–Crippen MR) is 91.5 cm³/mol. The van der Waals surface area contributed by atoms with Crippen molar-refractivity contribution in [2.75, 3.05) is 27.8 Å². The number of likely N-dealkylation sites (N-methyl/N-ethyl adjacent to an activating group) is 1. The second kappa shape index (κ2) is 8.35. The largest absolute Gasteiger partial charge is 0.496 e. The SMILES string of the molecule is COC(=O)C[C@H]1CC[C@@H](CNC(=O)c2cc(Cl)ccc2OC)N1C. The molecule has 6 nitrogen and oxygen atoms in total. The maximum atomic E-state index is 12.4. The fraction of sp³-hybridized carbons (Fsp3) is 0.529. The number of methoxy groups -OCH3 is 2. The summed E-state index contributed by atoms with van der Waals surface area (Å²) in [4.78, 5) is 26.0. The number of likely N-dealkylation sites (tertiary alicyclic amines) is 1. The maximum absolute atomic E-state index is 12.4. The third kappa shape index (κ3) is 4.39. The summed E-state index contributed by atoms with van der Waals surface area (Å²) in [5.74, 6) is 0.0552. The first kappa shape index (κ1) is 18.5. The van der Waals surface area contributed by atoms with E-state index < -0.39 is 0 Å². The minimum Gasteiger partial charge on any atom is -0.496 e. The van der Waals surface area contributed by atoms with Crippen LogP contribution in [0.4, 0.5) is 0 Å². The number of hydrogen-bond acceptors (Lipinski definition) is 5. The summed E-state index contributed by atoms with van der Waals surface area (Å²) in [7, 11) is 4.88. The molecule has 1 fully saturated rings. The number of carbonyl (C=O) groups excluding carboxylic acids is 2. The molecule has 1 amide bonds. The minimum absolute atomic E-state index is 0.153. The molecule has 0 bridgehead atoms. The Bertz CT molecular complexity index is 608. The molecule has 1 heterocycles. The molecule has 1 aliphatic heterocycles. The smallest absolute Gasteiger partial charge is 0.307 e. The van der Waals surface area contributed by atoms with Crippen LogP contribution >= 0.6 is 11.6 Å². The summed E-state index contributed by atoms with van der Waals surface area (Å²) in [6, 6.07) is 5.28. The molecule has 0 saturated carbocycles. The standard InChI is InChI=1S/C17H23ClN2O4/c1-20-12(9-16(21)24-3)5-6-13(20)10-19-17(22)14-8-11(18)4-7-15(14)23-2/h4,7-8,12-13H,5-6,9-10H2,1-3H3,(H,19,22)/t12-,13+/m1/s1. The lowest BCUT2D eigenvalue weighted by Gasteiger charge is -2.25.